The highest BCUT2D eigenvalue weighted by atomic mass is 35.5. The van der Waals surface area contributed by atoms with Crippen LogP contribution in [0.5, 0.6) is 5.75 Å². The first-order valence-corrected chi connectivity index (χ1v) is 7.27. The van der Waals surface area contributed by atoms with Gasteiger partial charge in [0.1, 0.15) is 5.75 Å². The number of unbranched alkanes of at least 4 members (excludes halogenated alkanes) is 1. The van der Waals surface area contributed by atoms with Crippen molar-refractivity contribution in [3.63, 3.8) is 0 Å². The van der Waals surface area contributed by atoms with Gasteiger partial charge in [0, 0.05) is 12.1 Å². The molecule has 0 unspecified atom stereocenters. The molecule has 1 fully saturated rings. The Morgan fingerprint density at radius 1 is 1.09 bits per heavy atom. The molecule has 1 heterocycles. The summed E-state index contributed by atoms with van der Waals surface area (Å²) in [7, 11) is 0. The topological polar surface area (TPSA) is 33.3 Å². The fourth-order valence-corrected chi connectivity index (χ4v) is 2.32. The fourth-order valence-electron chi connectivity index (χ4n) is 2.32. The van der Waals surface area contributed by atoms with Gasteiger partial charge in [0.15, 0.2) is 11.6 Å². The summed E-state index contributed by atoms with van der Waals surface area (Å²) in [6.07, 6.45) is 4.29. The third-order valence-electron chi connectivity index (χ3n) is 3.50. The van der Waals surface area contributed by atoms with Crippen molar-refractivity contribution in [1.82, 2.24) is 10.6 Å². The van der Waals surface area contributed by atoms with Crippen LogP contribution in [0.1, 0.15) is 25.7 Å². The van der Waals surface area contributed by atoms with Crippen molar-refractivity contribution in [2.75, 3.05) is 26.2 Å². The second-order valence-corrected chi connectivity index (χ2v) is 5.11. The van der Waals surface area contributed by atoms with Gasteiger partial charge in [-0.1, -0.05) is 0 Å². The Labute approximate surface area is 143 Å². The van der Waals surface area contributed by atoms with E-state index in [0.717, 1.165) is 44.6 Å². The van der Waals surface area contributed by atoms with Gasteiger partial charge in [0.2, 0.25) is 0 Å². The van der Waals surface area contributed by atoms with E-state index in [2.05, 4.69) is 10.6 Å². The summed E-state index contributed by atoms with van der Waals surface area (Å²) in [5, 5.41) is 6.87. The van der Waals surface area contributed by atoms with E-state index in [-0.39, 0.29) is 24.8 Å². The standard InChI is InChI=1S/C15H22F2N2O.2ClH/c16-14-4-3-13(11-15(14)17)20-10-2-1-7-19-12-5-8-18-9-6-12;;/h3-4,11-12,18-19H,1-2,5-10H2;2*1H. The minimum atomic E-state index is -0.866. The van der Waals surface area contributed by atoms with Crippen LogP contribution in [0.3, 0.4) is 0 Å². The number of hydrogen-bond donors (Lipinski definition) is 2. The molecule has 0 spiro atoms. The quantitative estimate of drug-likeness (QED) is 0.735. The van der Waals surface area contributed by atoms with Crippen molar-refractivity contribution in [2.24, 2.45) is 0 Å². The molecule has 3 nitrogen and oxygen atoms in total. The lowest BCUT2D eigenvalue weighted by Crippen LogP contribution is -2.40. The molecule has 0 saturated carbocycles. The Bertz CT molecular complexity index is 419. The van der Waals surface area contributed by atoms with E-state index in [9.17, 15) is 8.78 Å². The number of hydrogen-bond acceptors (Lipinski definition) is 3. The van der Waals surface area contributed by atoms with Gasteiger partial charge in [0.25, 0.3) is 0 Å². The molecule has 0 aliphatic carbocycles. The average Bonchev–Trinajstić information content (AvgIpc) is 2.47. The second kappa shape index (κ2) is 11.9. The zero-order chi connectivity index (χ0) is 14.2. The first kappa shape index (κ1) is 21.4. The van der Waals surface area contributed by atoms with Gasteiger partial charge in [-0.05, 0) is 57.5 Å². The van der Waals surface area contributed by atoms with Gasteiger partial charge in [-0.25, -0.2) is 8.78 Å². The molecule has 22 heavy (non-hydrogen) atoms. The summed E-state index contributed by atoms with van der Waals surface area (Å²) in [6, 6.07) is 4.25. The van der Waals surface area contributed by atoms with E-state index in [1.165, 1.54) is 18.9 Å². The van der Waals surface area contributed by atoms with Crippen LogP contribution >= 0.6 is 24.8 Å². The van der Waals surface area contributed by atoms with Gasteiger partial charge in [-0.15, -0.1) is 24.8 Å². The first-order valence-electron chi connectivity index (χ1n) is 7.27. The van der Waals surface area contributed by atoms with Crippen molar-refractivity contribution < 1.29 is 13.5 Å². The molecule has 128 valence electrons. The Kier molecular flexibility index (Phi) is 11.5. The Hall–Kier alpha value is -0.620. The first-order chi connectivity index (χ1) is 9.75. The van der Waals surface area contributed by atoms with Crippen LogP contribution < -0.4 is 15.4 Å². The lowest BCUT2D eigenvalue weighted by Gasteiger charge is -2.23. The maximum atomic E-state index is 12.9. The van der Waals surface area contributed by atoms with Crippen molar-refractivity contribution in [3.8, 4) is 5.75 Å². The SMILES string of the molecule is Cl.Cl.Fc1ccc(OCCCCNC2CCNCC2)cc1F. The van der Waals surface area contributed by atoms with E-state index < -0.39 is 11.6 Å². The molecule has 0 atom stereocenters. The Balaban J connectivity index is 0.00000220. The molecule has 1 aromatic rings. The highest BCUT2D eigenvalue weighted by Crippen LogP contribution is 2.15. The third-order valence-corrected chi connectivity index (χ3v) is 3.50. The normalized spacial score (nSPS) is 14.8. The summed E-state index contributed by atoms with van der Waals surface area (Å²) < 4.78 is 31.1. The maximum Gasteiger partial charge on any atom is 0.162 e. The highest BCUT2D eigenvalue weighted by Gasteiger charge is 2.11. The lowest BCUT2D eigenvalue weighted by atomic mass is 10.1. The van der Waals surface area contributed by atoms with Gasteiger partial charge < -0.3 is 15.4 Å². The zero-order valence-corrected chi connectivity index (χ0v) is 14.1. The van der Waals surface area contributed by atoms with E-state index >= 15 is 0 Å². The smallest absolute Gasteiger partial charge is 0.162 e. The van der Waals surface area contributed by atoms with Crippen LogP contribution in [-0.4, -0.2) is 32.3 Å². The fraction of sp³-hybridized carbons (Fsp3) is 0.600. The second-order valence-electron chi connectivity index (χ2n) is 5.11. The van der Waals surface area contributed by atoms with Gasteiger partial charge in [-0.2, -0.15) is 0 Å². The van der Waals surface area contributed by atoms with Crippen molar-refractivity contribution in [2.45, 2.75) is 31.7 Å². The number of benzene rings is 1. The van der Waals surface area contributed by atoms with E-state index in [0.29, 0.717) is 18.4 Å². The summed E-state index contributed by atoms with van der Waals surface area (Å²) in [6.45, 7) is 3.69. The Morgan fingerprint density at radius 2 is 1.82 bits per heavy atom. The molecule has 1 saturated heterocycles. The monoisotopic (exact) mass is 356 g/mol. The minimum absolute atomic E-state index is 0. The molecule has 0 amide bonds. The number of halogens is 4. The molecule has 1 aliphatic heterocycles. The number of rotatable bonds is 7. The summed E-state index contributed by atoms with van der Waals surface area (Å²) in [5.41, 5.74) is 0. The highest BCUT2D eigenvalue weighted by molar-refractivity contribution is 5.85. The maximum absolute atomic E-state index is 12.9. The average molecular weight is 357 g/mol. The van der Waals surface area contributed by atoms with E-state index in [1.54, 1.807) is 0 Å². The molecular weight excluding hydrogens is 333 g/mol. The summed E-state index contributed by atoms with van der Waals surface area (Å²) in [4.78, 5) is 0. The van der Waals surface area contributed by atoms with Crippen molar-refractivity contribution >= 4 is 24.8 Å². The molecule has 2 N–H and O–H groups in total. The van der Waals surface area contributed by atoms with Crippen LogP contribution in [0.2, 0.25) is 0 Å². The number of piperidine rings is 1. The van der Waals surface area contributed by atoms with Crippen molar-refractivity contribution in [3.05, 3.63) is 29.8 Å². The predicted molar refractivity (Wildman–Crippen MR) is 89.5 cm³/mol. The largest absolute Gasteiger partial charge is 0.493 e. The molecule has 2 rings (SSSR count). The summed E-state index contributed by atoms with van der Waals surface area (Å²) >= 11 is 0. The molecule has 0 bridgehead atoms. The van der Waals surface area contributed by atoms with Crippen molar-refractivity contribution in [1.29, 1.82) is 0 Å². The van der Waals surface area contributed by atoms with Crippen LogP contribution in [0.15, 0.2) is 18.2 Å². The minimum Gasteiger partial charge on any atom is -0.493 e. The third kappa shape index (κ3) is 7.58. The van der Waals surface area contributed by atoms with Gasteiger partial charge in [-0.3, -0.25) is 0 Å². The van der Waals surface area contributed by atoms with Crippen LogP contribution in [0.25, 0.3) is 0 Å². The lowest BCUT2D eigenvalue weighted by molar-refractivity contribution is 0.299. The van der Waals surface area contributed by atoms with Crippen LogP contribution in [0, 0.1) is 11.6 Å². The van der Waals surface area contributed by atoms with Crippen LogP contribution in [-0.2, 0) is 0 Å². The van der Waals surface area contributed by atoms with Gasteiger partial charge in [0.05, 0.1) is 6.61 Å². The summed E-state index contributed by atoms with van der Waals surface area (Å²) in [5.74, 6) is -1.33. The number of ether oxygens (including phenoxy) is 1. The Morgan fingerprint density at radius 3 is 2.50 bits per heavy atom. The molecular formula is C15H24Cl2F2N2O. The van der Waals surface area contributed by atoms with Crippen LogP contribution in [0.4, 0.5) is 8.78 Å². The molecule has 7 heteroatoms. The molecule has 0 radical (unpaired) electrons. The molecule has 1 aliphatic rings. The van der Waals surface area contributed by atoms with E-state index in [4.69, 9.17) is 4.74 Å². The zero-order valence-electron chi connectivity index (χ0n) is 12.4. The van der Waals surface area contributed by atoms with E-state index in [1.807, 2.05) is 0 Å². The predicted octanol–water partition coefficient (Wildman–Crippen LogP) is 3.31. The molecule has 0 aromatic heterocycles. The number of nitrogens with one attached hydrogen (secondary N) is 2. The van der Waals surface area contributed by atoms with Gasteiger partial charge >= 0.3 is 0 Å². The molecule has 1 aromatic carbocycles.